The number of carbonyl (C=O) groups is 2. The molecule has 0 saturated carbocycles. The molecule has 0 fully saturated rings. The first-order valence-corrected chi connectivity index (χ1v) is 10.3. The Kier molecular flexibility index (Phi) is 8.47. The largest absolute Gasteiger partial charge is 0.354 e. The maximum absolute atomic E-state index is 12.9. The molecule has 150 valence electrons. The molecule has 0 aromatic heterocycles. The number of halogens is 1. The molecule has 0 aliphatic heterocycles. The average Bonchev–Trinajstić information content (AvgIpc) is 2.69. The zero-order valence-corrected chi connectivity index (χ0v) is 17.2. The molecule has 7 heteroatoms. The van der Waals surface area contributed by atoms with Gasteiger partial charge in [0.2, 0.25) is 11.8 Å². The van der Waals surface area contributed by atoms with Crippen LogP contribution in [0, 0.1) is 5.82 Å². The van der Waals surface area contributed by atoms with Crippen LogP contribution in [0.25, 0.3) is 0 Å². The van der Waals surface area contributed by atoms with Crippen molar-refractivity contribution in [3.05, 3.63) is 59.9 Å². The van der Waals surface area contributed by atoms with E-state index in [9.17, 15) is 14.0 Å². The summed E-state index contributed by atoms with van der Waals surface area (Å²) in [6.45, 7) is 2.32. The Bertz CT molecular complexity index is 798. The van der Waals surface area contributed by atoms with Crippen molar-refractivity contribution < 1.29 is 14.0 Å². The van der Waals surface area contributed by atoms with E-state index in [2.05, 4.69) is 10.6 Å². The number of likely N-dealkylation sites (N-methyl/N-ethyl adjacent to an activating group) is 1. The highest BCUT2D eigenvalue weighted by atomic mass is 32.2. The fraction of sp³-hybridized carbons (Fsp3) is 0.333. The fourth-order valence-corrected chi connectivity index (χ4v) is 3.18. The monoisotopic (exact) mass is 403 g/mol. The smallest absolute Gasteiger partial charge is 0.238 e. The number of thioether (sulfide) groups is 1. The van der Waals surface area contributed by atoms with E-state index in [1.54, 1.807) is 42.8 Å². The van der Waals surface area contributed by atoms with Gasteiger partial charge in [-0.3, -0.25) is 14.5 Å². The lowest BCUT2D eigenvalue weighted by Crippen LogP contribution is -2.46. The van der Waals surface area contributed by atoms with E-state index in [-0.39, 0.29) is 24.2 Å². The molecular weight excluding hydrogens is 377 g/mol. The Balaban J connectivity index is 1.78. The van der Waals surface area contributed by atoms with Crippen LogP contribution in [-0.2, 0) is 16.0 Å². The fourth-order valence-electron chi connectivity index (χ4n) is 2.63. The van der Waals surface area contributed by atoms with Crippen molar-refractivity contribution >= 4 is 29.3 Å². The van der Waals surface area contributed by atoms with E-state index in [0.29, 0.717) is 13.0 Å². The Morgan fingerprint density at radius 2 is 1.82 bits per heavy atom. The molecule has 0 spiro atoms. The van der Waals surface area contributed by atoms with Crippen molar-refractivity contribution in [2.75, 3.05) is 31.7 Å². The van der Waals surface area contributed by atoms with Gasteiger partial charge in [-0.1, -0.05) is 24.3 Å². The van der Waals surface area contributed by atoms with E-state index in [4.69, 9.17) is 0 Å². The molecule has 28 heavy (non-hydrogen) atoms. The quantitative estimate of drug-likeness (QED) is 0.632. The van der Waals surface area contributed by atoms with Gasteiger partial charge in [0.25, 0.3) is 0 Å². The lowest BCUT2D eigenvalue weighted by Gasteiger charge is -2.23. The SMILES string of the molecule is CSc1ccccc1NC(=O)CN(C)[C@@H](C)C(=O)NCCc1ccc(F)cc1. The predicted octanol–water partition coefficient (Wildman–Crippen LogP) is 3.17. The minimum absolute atomic E-state index is 0.106. The van der Waals surface area contributed by atoms with E-state index in [1.807, 2.05) is 30.5 Å². The summed E-state index contributed by atoms with van der Waals surface area (Å²) in [5.41, 5.74) is 1.72. The summed E-state index contributed by atoms with van der Waals surface area (Å²) in [6, 6.07) is 13.4. The second-order valence-electron chi connectivity index (χ2n) is 6.51. The summed E-state index contributed by atoms with van der Waals surface area (Å²) in [7, 11) is 1.74. The first-order chi connectivity index (χ1) is 13.4. The summed E-state index contributed by atoms with van der Waals surface area (Å²) in [4.78, 5) is 27.3. The van der Waals surface area contributed by atoms with Gasteiger partial charge in [0.1, 0.15) is 5.82 Å². The summed E-state index contributed by atoms with van der Waals surface area (Å²) in [5, 5.41) is 5.75. The number of nitrogens with one attached hydrogen (secondary N) is 2. The number of para-hydroxylation sites is 1. The number of anilines is 1. The van der Waals surface area contributed by atoms with Crippen LogP contribution in [-0.4, -0.2) is 49.1 Å². The van der Waals surface area contributed by atoms with Crippen molar-refractivity contribution in [1.82, 2.24) is 10.2 Å². The molecule has 2 amide bonds. The number of nitrogens with zero attached hydrogens (tertiary/aromatic N) is 1. The van der Waals surface area contributed by atoms with Gasteiger partial charge >= 0.3 is 0 Å². The molecule has 1 atom stereocenters. The maximum atomic E-state index is 12.9. The Morgan fingerprint density at radius 3 is 2.50 bits per heavy atom. The van der Waals surface area contributed by atoms with Crippen LogP contribution < -0.4 is 10.6 Å². The summed E-state index contributed by atoms with van der Waals surface area (Å²) >= 11 is 1.56. The molecule has 0 aliphatic rings. The molecule has 0 unspecified atom stereocenters. The summed E-state index contributed by atoms with van der Waals surface area (Å²) in [6.07, 6.45) is 2.57. The molecule has 0 heterocycles. The van der Waals surface area contributed by atoms with Crippen LogP contribution in [0.5, 0.6) is 0 Å². The molecule has 5 nitrogen and oxygen atoms in total. The van der Waals surface area contributed by atoms with Crippen molar-refractivity contribution in [2.45, 2.75) is 24.3 Å². The lowest BCUT2D eigenvalue weighted by atomic mass is 10.1. The van der Waals surface area contributed by atoms with Crippen molar-refractivity contribution in [1.29, 1.82) is 0 Å². The van der Waals surface area contributed by atoms with Gasteiger partial charge in [0.05, 0.1) is 18.3 Å². The zero-order chi connectivity index (χ0) is 20.5. The highest BCUT2D eigenvalue weighted by Crippen LogP contribution is 2.24. The number of hydrogen-bond acceptors (Lipinski definition) is 4. The number of carbonyl (C=O) groups excluding carboxylic acids is 2. The summed E-state index contributed by atoms with van der Waals surface area (Å²) < 4.78 is 12.9. The molecule has 2 aromatic carbocycles. The normalized spacial score (nSPS) is 11.9. The van der Waals surface area contributed by atoms with Gasteiger partial charge in [0, 0.05) is 11.4 Å². The molecule has 0 bridgehead atoms. The number of amides is 2. The third-order valence-corrected chi connectivity index (χ3v) is 5.24. The van der Waals surface area contributed by atoms with Crippen molar-refractivity contribution in [3.8, 4) is 0 Å². The second kappa shape index (κ2) is 10.8. The van der Waals surface area contributed by atoms with Crippen LogP contribution in [0.15, 0.2) is 53.4 Å². The topological polar surface area (TPSA) is 61.4 Å². The van der Waals surface area contributed by atoms with Crippen LogP contribution in [0.1, 0.15) is 12.5 Å². The van der Waals surface area contributed by atoms with Gasteiger partial charge < -0.3 is 10.6 Å². The number of rotatable bonds is 9. The minimum Gasteiger partial charge on any atom is -0.354 e. The van der Waals surface area contributed by atoms with Gasteiger partial charge in [-0.25, -0.2) is 4.39 Å². The molecule has 0 aliphatic carbocycles. The average molecular weight is 404 g/mol. The van der Waals surface area contributed by atoms with E-state index in [1.165, 1.54) is 12.1 Å². The molecular formula is C21H26FN3O2S. The number of hydrogen-bond donors (Lipinski definition) is 2. The lowest BCUT2D eigenvalue weighted by molar-refractivity contribution is -0.126. The van der Waals surface area contributed by atoms with Gasteiger partial charge in [-0.15, -0.1) is 11.8 Å². The predicted molar refractivity (Wildman–Crippen MR) is 112 cm³/mol. The third-order valence-electron chi connectivity index (χ3n) is 4.44. The Hall–Kier alpha value is -2.38. The maximum Gasteiger partial charge on any atom is 0.238 e. The van der Waals surface area contributed by atoms with Gasteiger partial charge in [-0.2, -0.15) is 0 Å². The second-order valence-corrected chi connectivity index (χ2v) is 7.36. The highest BCUT2D eigenvalue weighted by Gasteiger charge is 2.20. The van der Waals surface area contributed by atoms with Crippen LogP contribution in [0.3, 0.4) is 0 Å². The van der Waals surface area contributed by atoms with Crippen LogP contribution in [0.4, 0.5) is 10.1 Å². The minimum atomic E-state index is -0.449. The zero-order valence-electron chi connectivity index (χ0n) is 16.4. The third kappa shape index (κ3) is 6.65. The summed E-state index contributed by atoms with van der Waals surface area (Å²) in [5.74, 6) is -0.599. The van der Waals surface area contributed by atoms with Crippen molar-refractivity contribution in [2.24, 2.45) is 0 Å². The first-order valence-electron chi connectivity index (χ1n) is 9.06. The van der Waals surface area contributed by atoms with Crippen LogP contribution in [0.2, 0.25) is 0 Å². The van der Waals surface area contributed by atoms with Crippen molar-refractivity contribution in [3.63, 3.8) is 0 Å². The molecule has 0 radical (unpaired) electrons. The standard InChI is InChI=1S/C21H26FN3O2S/c1-15(21(27)23-13-12-16-8-10-17(22)11-9-16)25(2)14-20(26)24-18-6-4-5-7-19(18)28-3/h4-11,15H,12-14H2,1-3H3,(H,23,27)(H,24,26)/t15-/m0/s1. The molecule has 2 N–H and O–H groups in total. The van der Waals surface area contributed by atoms with E-state index in [0.717, 1.165) is 16.1 Å². The van der Waals surface area contributed by atoms with Gasteiger partial charge in [0.15, 0.2) is 0 Å². The van der Waals surface area contributed by atoms with Crippen LogP contribution >= 0.6 is 11.8 Å². The molecule has 2 rings (SSSR count). The molecule has 2 aromatic rings. The highest BCUT2D eigenvalue weighted by molar-refractivity contribution is 7.98. The number of benzene rings is 2. The first kappa shape index (κ1) is 21.9. The Morgan fingerprint density at radius 1 is 1.14 bits per heavy atom. The molecule has 0 saturated heterocycles. The van der Waals surface area contributed by atoms with E-state index >= 15 is 0 Å². The Labute approximate surface area is 169 Å². The van der Waals surface area contributed by atoms with E-state index < -0.39 is 6.04 Å². The van der Waals surface area contributed by atoms with Gasteiger partial charge in [-0.05, 0) is 56.5 Å².